The van der Waals surface area contributed by atoms with Crippen LogP contribution in [0.4, 0.5) is 5.82 Å². The summed E-state index contributed by atoms with van der Waals surface area (Å²) in [7, 11) is 6.19. The largest absolute Gasteiger partial charge is 0.357 e. The Morgan fingerprint density at radius 3 is 2.20 bits per heavy atom. The molecule has 0 atom stereocenters. The topological polar surface area (TPSA) is 45.2 Å². The van der Waals surface area contributed by atoms with Gasteiger partial charge in [0.25, 0.3) is 0 Å². The Morgan fingerprint density at radius 2 is 1.52 bits per heavy atom. The molecule has 0 amide bonds. The number of rotatable bonds is 6. The van der Waals surface area contributed by atoms with Crippen molar-refractivity contribution >= 4 is 5.82 Å². The van der Waals surface area contributed by atoms with E-state index in [0.717, 1.165) is 41.3 Å². The summed E-state index contributed by atoms with van der Waals surface area (Å²) in [5, 5.41) is 9.01. The first-order valence-electron chi connectivity index (χ1n) is 8.34. The van der Waals surface area contributed by atoms with Gasteiger partial charge >= 0.3 is 0 Å². The van der Waals surface area contributed by atoms with E-state index < -0.39 is 0 Å². The summed E-state index contributed by atoms with van der Waals surface area (Å²) in [4.78, 5) is 8.42. The number of hydrogen-bond acceptors (Lipinski definition) is 5. The average Bonchev–Trinajstić information content (AvgIpc) is 2.67. The second-order valence-corrected chi connectivity index (χ2v) is 6.29. The smallest absolute Gasteiger partial charge is 0.151 e. The molecule has 2 heterocycles. The molecular formula is C20H23N5. The lowest BCUT2D eigenvalue weighted by molar-refractivity contribution is 0.416. The Kier molecular flexibility index (Phi) is 5.36. The Hall–Kier alpha value is -2.79. The molecule has 0 aliphatic rings. The van der Waals surface area contributed by atoms with Crippen LogP contribution in [0.25, 0.3) is 22.4 Å². The maximum atomic E-state index is 4.55. The molecule has 3 rings (SSSR count). The van der Waals surface area contributed by atoms with Gasteiger partial charge in [-0.2, -0.15) is 0 Å². The van der Waals surface area contributed by atoms with Crippen LogP contribution in [0.15, 0.2) is 60.9 Å². The first-order valence-corrected chi connectivity index (χ1v) is 8.34. The zero-order valence-corrected chi connectivity index (χ0v) is 14.9. The molecule has 0 radical (unpaired) electrons. The van der Waals surface area contributed by atoms with E-state index in [1.807, 2.05) is 37.4 Å². The van der Waals surface area contributed by atoms with E-state index in [9.17, 15) is 0 Å². The van der Waals surface area contributed by atoms with E-state index in [4.69, 9.17) is 0 Å². The van der Waals surface area contributed by atoms with Gasteiger partial charge in [0.15, 0.2) is 5.82 Å². The normalized spacial score (nSPS) is 10.9. The summed E-state index contributed by atoms with van der Waals surface area (Å²) in [6, 6.07) is 16.3. The predicted octanol–water partition coefficient (Wildman–Crippen LogP) is 3.20. The van der Waals surface area contributed by atoms with E-state index >= 15 is 0 Å². The maximum absolute atomic E-state index is 4.55. The van der Waals surface area contributed by atoms with Crippen LogP contribution in [0.3, 0.4) is 0 Å². The van der Waals surface area contributed by atoms with Crippen LogP contribution >= 0.6 is 0 Å². The number of hydrogen-bond donors (Lipinski definition) is 0. The lowest BCUT2D eigenvalue weighted by atomic mass is 10.0. The summed E-state index contributed by atoms with van der Waals surface area (Å²) >= 11 is 0. The number of aromatic nitrogens is 3. The first kappa shape index (κ1) is 17.0. The molecule has 0 bridgehead atoms. The molecule has 0 aliphatic carbocycles. The lowest BCUT2D eigenvalue weighted by Crippen LogP contribution is -2.29. The van der Waals surface area contributed by atoms with Crippen molar-refractivity contribution in [1.29, 1.82) is 0 Å². The van der Waals surface area contributed by atoms with E-state index in [0.29, 0.717) is 0 Å². The van der Waals surface area contributed by atoms with Gasteiger partial charge in [0.1, 0.15) is 5.69 Å². The molecule has 2 aromatic heterocycles. The van der Waals surface area contributed by atoms with Crippen molar-refractivity contribution in [2.24, 2.45) is 0 Å². The fraction of sp³-hybridized carbons (Fsp3) is 0.250. The Balaban J connectivity index is 2.02. The highest BCUT2D eigenvalue weighted by molar-refractivity contribution is 5.81. The molecule has 1 aromatic carbocycles. The molecular weight excluding hydrogens is 310 g/mol. The van der Waals surface area contributed by atoms with Crippen molar-refractivity contribution < 1.29 is 0 Å². The highest BCUT2D eigenvalue weighted by Crippen LogP contribution is 2.31. The molecule has 25 heavy (non-hydrogen) atoms. The third-order valence-electron chi connectivity index (χ3n) is 4.09. The number of likely N-dealkylation sites (N-methyl/N-ethyl adjacent to an activating group) is 2. The van der Waals surface area contributed by atoms with Gasteiger partial charge in [-0.15, -0.1) is 10.2 Å². The van der Waals surface area contributed by atoms with Crippen LogP contribution in [0.5, 0.6) is 0 Å². The minimum atomic E-state index is 0.869. The fourth-order valence-electron chi connectivity index (χ4n) is 2.59. The van der Waals surface area contributed by atoms with Gasteiger partial charge in [0.2, 0.25) is 0 Å². The zero-order valence-electron chi connectivity index (χ0n) is 14.9. The average molecular weight is 333 g/mol. The number of anilines is 1. The van der Waals surface area contributed by atoms with Gasteiger partial charge in [-0.05, 0) is 37.9 Å². The summed E-state index contributed by atoms with van der Waals surface area (Å²) in [5.41, 5.74) is 4.10. The van der Waals surface area contributed by atoms with Gasteiger partial charge in [-0.1, -0.05) is 30.3 Å². The molecule has 0 spiro atoms. The van der Waals surface area contributed by atoms with Gasteiger partial charge in [0.05, 0.1) is 0 Å². The van der Waals surface area contributed by atoms with Crippen LogP contribution < -0.4 is 4.90 Å². The second kappa shape index (κ2) is 7.85. The molecule has 0 saturated carbocycles. The number of nitrogens with zero attached hydrogens (tertiary/aromatic N) is 5. The number of benzene rings is 1. The van der Waals surface area contributed by atoms with E-state index in [-0.39, 0.29) is 0 Å². The zero-order chi connectivity index (χ0) is 17.6. The van der Waals surface area contributed by atoms with Crippen LogP contribution in [0, 0.1) is 0 Å². The van der Waals surface area contributed by atoms with E-state index in [1.54, 1.807) is 12.4 Å². The summed E-state index contributed by atoms with van der Waals surface area (Å²) in [6.07, 6.45) is 3.61. The summed E-state index contributed by atoms with van der Waals surface area (Å²) in [6.45, 7) is 1.85. The van der Waals surface area contributed by atoms with Gasteiger partial charge < -0.3 is 9.80 Å². The molecule has 5 heteroatoms. The van der Waals surface area contributed by atoms with Crippen LogP contribution in [0.2, 0.25) is 0 Å². The molecule has 0 aliphatic heterocycles. The van der Waals surface area contributed by atoms with E-state index in [2.05, 4.69) is 57.3 Å². The quantitative estimate of drug-likeness (QED) is 0.693. The van der Waals surface area contributed by atoms with Crippen molar-refractivity contribution in [1.82, 2.24) is 20.1 Å². The van der Waals surface area contributed by atoms with Crippen molar-refractivity contribution in [2.45, 2.75) is 0 Å². The van der Waals surface area contributed by atoms with Gasteiger partial charge in [0, 0.05) is 43.7 Å². The molecule has 0 saturated heterocycles. The van der Waals surface area contributed by atoms with Crippen LogP contribution in [-0.2, 0) is 0 Å². The number of pyridine rings is 1. The highest BCUT2D eigenvalue weighted by atomic mass is 15.3. The fourth-order valence-corrected chi connectivity index (χ4v) is 2.59. The SMILES string of the molecule is CN(C)CCN(C)c1cc(-c2ccncc2)c(-c2ccccc2)nn1. The molecule has 0 unspecified atom stereocenters. The van der Waals surface area contributed by atoms with Crippen molar-refractivity contribution in [2.75, 3.05) is 39.1 Å². The van der Waals surface area contributed by atoms with Crippen molar-refractivity contribution in [3.05, 3.63) is 60.9 Å². The summed E-state index contributed by atoms with van der Waals surface area (Å²) < 4.78 is 0. The van der Waals surface area contributed by atoms with Crippen molar-refractivity contribution in [3.8, 4) is 22.4 Å². The molecule has 128 valence electrons. The first-order chi connectivity index (χ1) is 12.1. The second-order valence-electron chi connectivity index (χ2n) is 6.29. The lowest BCUT2D eigenvalue weighted by Gasteiger charge is -2.21. The van der Waals surface area contributed by atoms with Gasteiger partial charge in [-0.3, -0.25) is 4.98 Å². The molecule has 3 aromatic rings. The minimum Gasteiger partial charge on any atom is -0.357 e. The monoisotopic (exact) mass is 333 g/mol. The van der Waals surface area contributed by atoms with Crippen molar-refractivity contribution in [3.63, 3.8) is 0 Å². The highest BCUT2D eigenvalue weighted by Gasteiger charge is 2.13. The van der Waals surface area contributed by atoms with Crippen LogP contribution in [-0.4, -0.2) is 54.3 Å². The Morgan fingerprint density at radius 1 is 0.800 bits per heavy atom. The Labute approximate surface area is 149 Å². The molecule has 0 N–H and O–H groups in total. The standard InChI is InChI=1S/C20H23N5/c1-24(2)13-14-25(3)19-15-18(16-9-11-21-12-10-16)20(23-22-19)17-7-5-4-6-8-17/h4-12,15H,13-14H2,1-3H3. The van der Waals surface area contributed by atoms with Gasteiger partial charge in [-0.25, -0.2) is 0 Å². The molecule has 5 nitrogen and oxygen atoms in total. The van der Waals surface area contributed by atoms with E-state index in [1.165, 1.54) is 0 Å². The minimum absolute atomic E-state index is 0.869. The molecule has 0 fully saturated rings. The van der Waals surface area contributed by atoms with Crippen LogP contribution in [0.1, 0.15) is 0 Å². The third-order valence-corrected chi connectivity index (χ3v) is 4.09. The Bertz CT molecular complexity index is 803. The predicted molar refractivity (Wildman–Crippen MR) is 103 cm³/mol. The third kappa shape index (κ3) is 4.19. The maximum Gasteiger partial charge on any atom is 0.151 e. The summed E-state index contributed by atoms with van der Waals surface area (Å²) in [5.74, 6) is 0.869.